The van der Waals surface area contributed by atoms with Crippen LogP contribution in [-0.2, 0) is 0 Å². The molecule has 0 aliphatic rings. The Labute approximate surface area is 108 Å². The lowest BCUT2D eigenvalue weighted by atomic mass is 10.2. The summed E-state index contributed by atoms with van der Waals surface area (Å²) in [6, 6.07) is 20.1. The summed E-state index contributed by atoms with van der Waals surface area (Å²) in [4.78, 5) is 0. The van der Waals surface area contributed by atoms with E-state index in [0.717, 1.165) is 11.3 Å². The lowest BCUT2D eigenvalue weighted by Gasteiger charge is -2.16. The molecule has 2 heteroatoms. The van der Waals surface area contributed by atoms with E-state index >= 15 is 0 Å². The second-order valence-electron chi connectivity index (χ2n) is 3.86. The number of para-hydroxylation sites is 1. The lowest BCUT2D eigenvalue weighted by Crippen LogP contribution is -2.16. The molecule has 2 rings (SSSR count). The van der Waals surface area contributed by atoms with Gasteiger partial charge in [-0.15, -0.1) is 6.58 Å². The zero-order valence-corrected chi connectivity index (χ0v) is 10.2. The third-order valence-corrected chi connectivity index (χ3v) is 2.50. The van der Waals surface area contributed by atoms with Crippen LogP contribution in [0.25, 0.3) is 0 Å². The van der Waals surface area contributed by atoms with Crippen molar-refractivity contribution >= 4 is 11.9 Å². The van der Waals surface area contributed by atoms with E-state index in [4.69, 9.17) is 0 Å². The van der Waals surface area contributed by atoms with Gasteiger partial charge in [-0.25, -0.2) is 0 Å². The van der Waals surface area contributed by atoms with Gasteiger partial charge in [0.25, 0.3) is 0 Å². The highest BCUT2D eigenvalue weighted by atomic mass is 15.4. The van der Waals surface area contributed by atoms with Crippen molar-refractivity contribution in [2.45, 2.75) is 0 Å². The van der Waals surface area contributed by atoms with Crippen molar-refractivity contribution in [3.05, 3.63) is 78.9 Å². The first-order valence-corrected chi connectivity index (χ1v) is 5.92. The van der Waals surface area contributed by atoms with E-state index in [-0.39, 0.29) is 0 Å². The summed E-state index contributed by atoms with van der Waals surface area (Å²) in [5.41, 5.74) is 2.15. The molecule has 0 saturated heterocycles. The Morgan fingerprint density at radius 3 is 2.17 bits per heavy atom. The zero-order valence-electron chi connectivity index (χ0n) is 10.2. The van der Waals surface area contributed by atoms with E-state index in [9.17, 15) is 0 Å². The van der Waals surface area contributed by atoms with E-state index in [2.05, 4.69) is 11.7 Å². The van der Waals surface area contributed by atoms with E-state index in [0.29, 0.717) is 6.54 Å². The van der Waals surface area contributed by atoms with Gasteiger partial charge >= 0.3 is 0 Å². The molecule has 0 atom stereocenters. The van der Waals surface area contributed by atoms with E-state index < -0.39 is 0 Å². The number of benzene rings is 2. The van der Waals surface area contributed by atoms with E-state index in [1.54, 1.807) is 0 Å². The van der Waals surface area contributed by atoms with Gasteiger partial charge in [-0.3, -0.25) is 5.01 Å². The van der Waals surface area contributed by atoms with E-state index in [1.165, 1.54) is 0 Å². The smallest absolute Gasteiger partial charge is 0.0597 e. The van der Waals surface area contributed by atoms with Crippen LogP contribution in [0.5, 0.6) is 0 Å². The summed E-state index contributed by atoms with van der Waals surface area (Å²) < 4.78 is 0. The molecule has 0 N–H and O–H groups in total. The molecule has 0 aliphatic carbocycles. The first kappa shape index (κ1) is 12.1. The van der Waals surface area contributed by atoms with Gasteiger partial charge in [0.15, 0.2) is 0 Å². The number of rotatable bonds is 5. The van der Waals surface area contributed by atoms with Gasteiger partial charge in [0, 0.05) is 0 Å². The van der Waals surface area contributed by atoms with Crippen LogP contribution in [-0.4, -0.2) is 12.8 Å². The molecule has 0 aromatic heterocycles. The molecule has 0 unspecified atom stereocenters. The molecule has 2 aromatic carbocycles. The number of hydrogen-bond acceptors (Lipinski definition) is 2. The lowest BCUT2D eigenvalue weighted by molar-refractivity contribution is 0.947. The third-order valence-electron chi connectivity index (χ3n) is 2.50. The molecule has 0 fully saturated rings. The average molecular weight is 236 g/mol. The minimum Gasteiger partial charge on any atom is -0.262 e. The quantitative estimate of drug-likeness (QED) is 0.439. The van der Waals surface area contributed by atoms with Crippen molar-refractivity contribution in [2.75, 3.05) is 11.6 Å². The topological polar surface area (TPSA) is 15.6 Å². The molecule has 0 aliphatic heterocycles. The molecule has 0 spiro atoms. The summed E-state index contributed by atoms with van der Waals surface area (Å²) >= 11 is 0. The molecule has 0 bridgehead atoms. The summed E-state index contributed by atoms with van der Waals surface area (Å²) in [6.07, 6.45) is 3.70. The molecule has 0 amide bonds. The summed E-state index contributed by atoms with van der Waals surface area (Å²) in [5, 5.41) is 6.41. The Bertz CT molecular complexity index is 503. The van der Waals surface area contributed by atoms with Gasteiger partial charge in [0.05, 0.1) is 18.4 Å². The van der Waals surface area contributed by atoms with Crippen molar-refractivity contribution in [1.29, 1.82) is 0 Å². The fourth-order valence-electron chi connectivity index (χ4n) is 1.62. The van der Waals surface area contributed by atoms with Crippen LogP contribution in [0.2, 0.25) is 0 Å². The monoisotopic (exact) mass is 236 g/mol. The highest BCUT2D eigenvalue weighted by Gasteiger charge is 2.00. The van der Waals surface area contributed by atoms with Gasteiger partial charge in [0.2, 0.25) is 0 Å². The summed E-state index contributed by atoms with van der Waals surface area (Å²) in [7, 11) is 0. The van der Waals surface area contributed by atoms with Gasteiger partial charge in [-0.1, -0.05) is 54.6 Å². The predicted octanol–water partition coefficient (Wildman–Crippen LogP) is 3.71. The first-order chi connectivity index (χ1) is 8.90. The standard InChI is InChI=1S/C16H16N2/c1-2-13-18(16-11-7-4-8-12-16)17-14-15-9-5-3-6-10-15/h2-12,14H,1,13H2/b17-14+. The van der Waals surface area contributed by atoms with Crippen LogP contribution in [0.4, 0.5) is 5.69 Å². The van der Waals surface area contributed by atoms with Gasteiger partial charge in [-0.05, 0) is 17.7 Å². The molecular weight excluding hydrogens is 220 g/mol. The highest BCUT2D eigenvalue weighted by molar-refractivity contribution is 5.80. The number of nitrogens with zero attached hydrogens (tertiary/aromatic N) is 2. The van der Waals surface area contributed by atoms with Crippen LogP contribution < -0.4 is 5.01 Å². The molecule has 0 saturated carbocycles. The molecule has 90 valence electrons. The first-order valence-electron chi connectivity index (χ1n) is 5.92. The highest BCUT2D eigenvalue weighted by Crippen LogP contribution is 2.13. The Hall–Kier alpha value is -2.35. The molecular formula is C16H16N2. The third kappa shape index (κ3) is 3.32. The molecule has 2 nitrogen and oxygen atoms in total. The normalized spacial score (nSPS) is 10.4. The van der Waals surface area contributed by atoms with Crippen LogP contribution in [0.1, 0.15) is 5.56 Å². The van der Waals surface area contributed by atoms with Crippen molar-refractivity contribution < 1.29 is 0 Å². The van der Waals surface area contributed by atoms with Crippen LogP contribution in [0.15, 0.2) is 78.4 Å². The molecule has 0 heterocycles. The van der Waals surface area contributed by atoms with Crippen molar-refractivity contribution in [3.63, 3.8) is 0 Å². The SMILES string of the molecule is C=CCN(/N=C/c1ccccc1)c1ccccc1. The Balaban J connectivity index is 2.17. The maximum Gasteiger partial charge on any atom is 0.0597 e. The van der Waals surface area contributed by atoms with E-state index in [1.807, 2.05) is 78.0 Å². The Kier molecular flexibility index (Phi) is 4.31. The van der Waals surface area contributed by atoms with Gasteiger partial charge in [0.1, 0.15) is 0 Å². The van der Waals surface area contributed by atoms with Crippen LogP contribution in [0, 0.1) is 0 Å². The maximum absolute atomic E-state index is 4.49. The number of hydrogen-bond donors (Lipinski definition) is 0. The maximum atomic E-state index is 4.49. The van der Waals surface area contributed by atoms with Gasteiger partial charge in [-0.2, -0.15) is 5.10 Å². The second-order valence-corrected chi connectivity index (χ2v) is 3.86. The summed E-state index contributed by atoms with van der Waals surface area (Å²) in [6.45, 7) is 4.45. The second kappa shape index (κ2) is 6.40. The van der Waals surface area contributed by atoms with Crippen LogP contribution in [0.3, 0.4) is 0 Å². The predicted molar refractivity (Wildman–Crippen MR) is 78.0 cm³/mol. The fraction of sp³-hybridized carbons (Fsp3) is 0.0625. The Morgan fingerprint density at radius 1 is 0.944 bits per heavy atom. The van der Waals surface area contributed by atoms with Crippen molar-refractivity contribution in [2.24, 2.45) is 5.10 Å². The molecule has 18 heavy (non-hydrogen) atoms. The minimum absolute atomic E-state index is 0.688. The Morgan fingerprint density at radius 2 is 1.56 bits per heavy atom. The number of hydrazone groups is 1. The van der Waals surface area contributed by atoms with Crippen LogP contribution >= 0.6 is 0 Å². The average Bonchev–Trinajstić information content (AvgIpc) is 2.45. The van der Waals surface area contributed by atoms with Gasteiger partial charge < -0.3 is 0 Å². The zero-order chi connectivity index (χ0) is 12.6. The molecule has 2 aromatic rings. The largest absolute Gasteiger partial charge is 0.262 e. The summed E-state index contributed by atoms with van der Waals surface area (Å²) in [5.74, 6) is 0. The minimum atomic E-state index is 0.688. The fourth-order valence-corrected chi connectivity index (χ4v) is 1.62. The van der Waals surface area contributed by atoms with Crippen molar-refractivity contribution in [3.8, 4) is 0 Å². The number of anilines is 1. The van der Waals surface area contributed by atoms with Crippen molar-refractivity contribution in [1.82, 2.24) is 0 Å². The molecule has 0 radical (unpaired) electrons.